The largest absolute Gasteiger partial charge is 0.497 e. The highest BCUT2D eigenvalue weighted by molar-refractivity contribution is 6.01. The lowest BCUT2D eigenvalue weighted by atomic mass is 10.1. The van der Waals surface area contributed by atoms with Crippen LogP contribution >= 0.6 is 0 Å². The van der Waals surface area contributed by atoms with Gasteiger partial charge in [0.1, 0.15) is 17.3 Å². The van der Waals surface area contributed by atoms with E-state index in [9.17, 15) is 9.18 Å². The molecule has 0 aliphatic rings. The lowest BCUT2D eigenvalue weighted by Gasteiger charge is -2.10. The van der Waals surface area contributed by atoms with Gasteiger partial charge < -0.3 is 9.47 Å². The predicted molar refractivity (Wildman–Crippen MR) is 90.0 cm³/mol. The Bertz CT molecular complexity index is 742. The molecule has 1 N–H and O–H groups in total. The van der Waals surface area contributed by atoms with Crippen LogP contribution in [0.3, 0.4) is 0 Å². The first-order chi connectivity index (χ1) is 11.5. The second kappa shape index (κ2) is 8.10. The molecule has 1 amide bonds. The molecule has 0 heterocycles. The molecule has 2 aromatic rings. The second-order valence-corrected chi connectivity index (χ2v) is 5.10. The maximum atomic E-state index is 12.8. The number of halogens is 1. The highest BCUT2D eigenvalue weighted by Crippen LogP contribution is 2.25. The lowest BCUT2D eigenvalue weighted by Crippen LogP contribution is -2.21. The number of hydrogen-bond donors (Lipinski definition) is 1. The topological polar surface area (TPSA) is 59.9 Å². The third-order valence-corrected chi connectivity index (χ3v) is 3.42. The van der Waals surface area contributed by atoms with E-state index in [1.165, 1.54) is 12.1 Å². The summed E-state index contributed by atoms with van der Waals surface area (Å²) < 4.78 is 23.3. The first-order valence-corrected chi connectivity index (χ1v) is 7.33. The average Bonchev–Trinajstić information content (AvgIpc) is 2.61. The molecule has 2 aromatic carbocycles. The van der Waals surface area contributed by atoms with Crippen molar-refractivity contribution in [3.8, 4) is 11.5 Å². The van der Waals surface area contributed by atoms with E-state index in [0.29, 0.717) is 22.8 Å². The van der Waals surface area contributed by atoms with Gasteiger partial charge in [-0.25, -0.2) is 9.82 Å². The van der Waals surface area contributed by atoms with Gasteiger partial charge in [0.15, 0.2) is 0 Å². The minimum absolute atomic E-state index is 0.122. The Morgan fingerprint density at radius 3 is 2.46 bits per heavy atom. The summed E-state index contributed by atoms with van der Waals surface area (Å²) >= 11 is 0. The summed E-state index contributed by atoms with van der Waals surface area (Å²) in [4.78, 5) is 11.9. The Labute approximate surface area is 140 Å². The smallest absolute Gasteiger partial charge is 0.244 e. The fourth-order valence-corrected chi connectivity index (χ4v) is 2.13. The Morgan fingerprint density at radius 1 is 1.12 bits per heavy atom. The molecule has 24 heavy (non-hydrogen) atoms. The van der Waals surface area contributed by atoms with E-state index >= 15 is 0 Å². The van der Waals surface area contributed by atoms with E-state index in [0.717, 1.165) is 5.56 Å². The summed E-state index contributed by atoms with van der Waals surface area (Å²) in [5, 5.41) is 4.09. The Hall–Kier alpha value is -2.89. The van der Waals surface area contributed by atoms with Crippen molar-refractivity contribution in [3.05, 3.63) is 59.4 Å². The number of carbonyl (C=O) groups is 1. The summed E-state index contributed by atoms with van der Waals surface area (Å²) in [5.74, 6) is 0.653. The lowest BCUT2D eigenvalue weighted by molar-refractivity contribution is -0.120. The predicted octanol–water partition coefficient (Wildman–Crippen LogP) is 2.93. The molecular weight excluding hydrogens is 311 g/mol. The Balaban J connectivity index is 2.05. The van der Waals surface area contributed by atoms with E-state index in [1.807, 2.05) is 6.07 Å². The summed E-state index contributed by atoms with van der Waals surface area (Å²) in [5.41, 5.74) is 4.55. The van der Waals surface area contributed by atoms with Gasteiger partial charge in [0, 0.05) is 11.6 Å². The second-order valence-electron chi connectivity index (χ2n) is 5.10. The summed E-state index contributed by atoms with van der Waals surface area (Å²) in [6.07, 6.45) is 0.122. The standard InChI is InChI=1S/C18H19FN2O3/c1-12(16-9-8-15(23-2)11-17(16)24-3)20-21-18(22)10-13-4-6-14(19)7-5-13/h4-9,11H,10H2,1-3H3,(H,21,22)/b20-12+. The van der Waals surface area contributed by atoms with Crippen molar-refractivity contribution in [2.45, 2.75) is 13.3 Å². The quantitative estimate of drug-likeness (QED) is 0.654. The third-order valence-electron chi connectivity index (χ3n) is 3.42. The molecule has 0 aromatic heterocycles. The molecule has 0 spiro atoms. The number of ether oxygens (including phenoxy) is 2. The van der Waals surface area contributed by atoms with Gasteiger partial charge in [-0.3, -0.25) is 4.79 Å². The van der Waals surface area contributed by atoms with Gasteiger partial charge in [0.25, 0.3) is 0 Å². The molecule has 126 valence electrons. The van der Waals surface area contributed by atoms with Crippen molar-refractivity contribution in [2.24, 2.45) is 5.10 Å². The molecule has 0 aliphatic carbocycles. The van der Waals surface area contributed by atoms with Crippen molar-refractivity contribution in [2.75, 3.05) is 14.2 Å². The maximum absolute atomic E-state index is 12.8. The van der Waals surface area contributed by atoms with E-state index in [2.05, 4.69) is 10.5 Å². The van der Waals surface area contributed by atoms with Gasteiger partial charge in [-0.2, -0.15) is 5.10 Å². The van der Waals surface area contributed by atoms with Crippen molar-refractivity contribution >= 4 is 11.6 Å². The van der Waals surface area contributed by atoms with Gasteiger partial charge in [-0.1, -0.05) is 12.1 Å². The number of carbonyl (C=O) groups excluding carboxylic acids is 1. The SMILES string of the molecule is COc1ccc(/C(C)=N/NC(=O)Cc2ccc(F)cc2)c(OC)c1. The zero-order valence-electron chi connectivity index (χ0n) is 13.8. The first-order valence-electron chi connectivity index (χ1n) is 7.33. The van der Waals surface area contributed by atoms with Crippen molar-refractivity contribution in [3.63, 3.8) is 0 Å². The molecule has 2 rings (SSSR count). The molecule has 0 atom stereocenters. The van der Waals surface area contributed by atoms with Crippen LogP contribution < -0.4 is 14.9 Å². The molecule has 0 fully saturated rings. The maximum Gasteiger partial charge on any atom is 0.244 e. The minimum atomic E-state index is -0.334. The monoisotopic (exact) mass is 330 g/mol. The molecule has 0 saturated heterocycles. The van der Waals surface area contributed by atoms with Crippen LogP contribution in [0.4, 0.5) is 4.39 Å². The third kappa shape index (κ3) is 4.55. The highest BCUT2D eigenvalue weighted by Gasteiger charge is 2.09. The van der Waals surface area contributed by atoms with Crippen LogP contribution in [0.15, 0.2) is 47.6 Å². The van der Waals surface area contributed by atoms with Crippen LogP contribution in [0.2, 0.25) is 0 Å². The fraction of sp³-hybridized carbons (Fsp3) is 0.222. The van der Waals surface area contributed by atoms with E-state index in [-0.39, 0.29) is 18.1 Å². The molecule has 0 saturated carbocycles. The molecule has 0 bridgehead atoms. The van der Waals surface area contributed by atoms with Crippen molar-refractivity contribution < 1.29 is 18.7 Å². The van der Waals surface area contributed by atoms with Crippen LogP contribution in [-0.2, 0) is 11.2 Å². The van der Waals surface area contributed by atoms with Crippen LogP contribution in [0.5, 0.6) is 11.5 Å². The van der Waals surface area contributed by atoms with Crippen LogP contribution in [0.25, 0.3) is 0 Å². The molecule has 0 radical (unpaired) electrons. The zero-order chi connectivity index (χ0) is 17.5. The van der Waals surface area contributed by atoms with E-state index < -0.39 is 0 Å². The van der Waals surface area contributed by atoms with Crippen LogP contribution in [0.1, 0.15) is 18.1 Å². The molecule has 0 aliphatic heterocycles. The van der Waals surface area contributed by atoms with E-state index in [4.69, 9.17) is 9.47 Å². The van der Waals surface area contributed by atoms with Gasteiger partial charge in [-0.15, -0.1) is 0 Å². The van der Waals surface area contributed by atoms with Crippen LogP contribution in [-0.4, -0.2) is 25.8 Å². The normalized spacial score (nSPS) is 11.1. The molecule has 6 heteroatoms. The number of benzene rings is 2. The number of amides is 1. The van der Waals surface area contributed by atoms with Crippen LogP contribution in [0, 0.1) is 5.82 Å². The zero-order valence-corrected chi connectivity index (χ0v) is 13.8. The highest BCUT2D eigenvalue weighted by atomic mass is 19.1. The summed E-state index contributed by atoms with van der Waals surface area (Å²) in [6.45, 7) is 1.77. The molecular formula is C18H19FN2O3. The average molecular weight is 330 g/mol. The molecule has 5 nitrogen and oxygen atoms in total. The Morgan fingerprint density at radius 2 is 1.83 bits per heavy atom. The Kier molecular flexibility index (Phi) is 5.89. The summed E-state index contributed by atoms with van der Waals surface area (Å²) in [7, 11) is 3.13. The number of nitrogens with one attached hydrogen (secondary N) is 1. The van der Waals surface area contributed by atoms with E-state index in [1.54, 1.807) is 45.4 Å². The number of hydrogen-bond acceptors (Lipinski definition) is 4. The van der Waals surface area contributed by atoms with Crippen molar-refractivity contribution in [1.82, 2.24) is 5.43 Å². The van der Waals surface area contributed by atoms with Gasteiger partial charge >= 0.3 is 0 Å². The fourth-order valence-electron chi connectivity index (χ4n) is 2.13. The number of methoxy groups -OCH3 is 2. The van der Waals surface area contributed by atoms with Gasteiger partial charge in [0.2, 0.25) is 5.91 Å². The molecule has 0 unspecified atom stereocenters. The van der Waals surface area contributed by atoms with Gasteiger partial charge in [-0.05, 0) is 36.8 Å². The number of rotatable bonds is 6. The minimum Gasteiger partial charge on any atom is -0.497 e. The summed E-state index contributed by atoms with van der Waals surface area (Å²) in [6, 6.07) is 11.1. The van der Waals surface area contributed by atoms with Gasteiger partial charge in [0.05, 0.1) is 26.4 Å². The van der Waals surface area contributed by atoms with Crippen molar-refractivity contribution in [1.29, 1.82) is 0 Å². The number of nitrogens with zero attached hydrogens (tertiary/aromatic N) is 1. The number of hydrazone groups is 1. The first kappa shape index (κ1) is 17.5.